The molecule has 0 atom stereocenters. The van der Waals surface area contributed by atoms with E-state index in [9.17, 15) is 0 Å². The molecule has 2 bridgehead atoms. The molecule has 3 rings (SSSR count). The van der Waals surface area contributed by atoms with Gasteiger partial charge >= 0.3 is 0 Å². The summed E-state index contributed by atoms with van der Waals surface area (Å²) in [6.07, 6.45) is 10.5. The molecule has 0 aromatic rings. The Labute approximate surface area is 70.4 Å². The summed E-state index contributed by atoms with van der Waals surface area (Å²) in [5.41, 5.74) is 1.49. The fourth-order valence-electron chi connectivity index (χ4n) is 2.90. The molecule has 64 valence electrons. The van der Waals surface area contributed by atoms with Gasteiger partial charge in [-0.1, -0.05) is 20.3 Å². The first-order valence-electron chi connectivity index (χ1n) is 5.12. The Balaban J connectivity index is 2.17. The predicted molar refractivity (Wildman–Crippen MR) is 48.5 cm³/mol. The molecule has 3 aliphatic carbocycles. The van der Waals surface area contributed by atoms with Gasteiger partial charge in [0.05, 0.1) is 0 Å². The minimum atomic E-state index is 0.746. The lowest BCUT2D eigenvalue weighted by molar-refractivity contribution is 0.133. The van der Waals surface area contributed by atoms with E-state index in [0.717, 1.165) is 10.8 Å². The van der Waals surface area contributed by atoms with E-state index in [1.807, 2.05) is 0 Å². The molecule has 0 spiro atoms. The van der Waals surface area contributed by atoms with E-state index in [1.165, 1.54) is 44.9 Å². The van der Waals surface area contributed by atoms with Gasteiger partial charge in [-0.25, -0.2) is 0 Å². The van der Waals surface area contributed by atoms with Crippen LogP contribution in [0, 0.1) is 10.8 Å². The third-order valence-corrected chi connectivity index (χ3v) is 4.22. The normalized spacial score (nSPS) is 50.7. The van der Waals surface area contributed by atoms with Crippen molar-refractivity contribution in [2.45, 2.75) is 58.8 Å². The van der Waals surface area contributed by atoms with Crippen LogP contribution in [0.1, 0.15) is 58.8 Å². The number of fused-ring (bicyclic) bond motifs is 4. The van der Waals surface area contributed by atoms with Gasteiger partial charge in [-0.3, -0.25) is 0 Å². The molecule has 0 N–H and O–H groups in total. The molecule has 0 heteroatoms. The largest absolute Gasteiger partial charge is 0.0596 e. The molecule has 0 nitrogen and oxygen atoms in total. The maximum atomic E-state index is 2.50. The SMILES string of the molecule is CC12CCCC(C)(CC1)CC2. The van der Waals surface area contributed by atoms with Gasteiger partial charge in [-0.05, 0) is 49.4 Å². The van der Waals surface area contributed by atoms with Crippen LogP contribution < -0.4 is 0 Å². The molecular formula is C11H20. The number of hydrogen-bond donors (Lipinski definition) is 0. The second-order valence-corrected chi connectivity index (χ2v) is 5.47. The summed E-state index contributed by atoms with van der Waals surface area (Å²) in [5, 5.41) is 0. The van der Waals surface area contributed by atoms with Crippen molar-refractivity contribution in [3.8, 4) is 0 Å². The van der Waals surface area contributed by atoms with Crippen LogP contribution in [-0.4, -0.2) is 0 Å². The van der Waals surface area contributed by atoms with Crippen LogP contribution in [-0.2, 0) is 0 Å². The zero-order valence-electron chi connectivity index (χ0n) is 7.95. The van der Waals surface area contributed by atoms with Gasteiger partial charge in [-0.15, -0.1) is 0 Å². The van der Waals surface area contributed by atoms with Crippen molar-refractivity contribution in [3.63, 3.8) is 0 Å². The van der Waals surface area contributed by atoms with E-state index < -0.39 is 0 Å². The topological polar surface area (TPSA) is 0 Å². The highest BCUT2D eigenvalue weighted by molar-refractivity contribution is 4.91. The molecule has 0 amide bonds. The monoisotopic (exact) mass is 152 g/mol. The summed E-state index contributed by atoms with van der Waals surface area (Å²) >= 11 is 0. The van der Waals surface area contributed by atoms with Crippen LogP contribution in [0.3, 0.4) is 0 Å². The Hall–Kier alpha value is 0. The molecule has 3 aliphatic rings. The van der Waals surface area contributed by atoms with E-state index in [4.69, 9.17) is 0 Å². The van der Waals surface area contributed by atoms with E-state index in [0.29, 0.717) is 0 Å². The first kappa shape index (κ1) is 7.64. The van der Waals surface area contributed by atoms with Gasteiger partial charge in [0, 0.05) is 0 Å². The summed E-state index contributed by atoms with van der Waals surface area (Å²) in [6, 6.07) is 0. The molecule has 3 saturated carbocycles. The quantitative estimate of drug-likeness (QED) is 0.496. The van der Waals surface area contributed by atoms with Gasteiger partial charge in [-0.2, -0.15) is 0 Å². The summed E-state index contributed by atoms with van der Waals surface area (Å²) in [4.78, 5) is 0. The van der Waals surface area contributed by atoms with Gasteiger partial charge in [0.15, 0.2) is 0 Å². The lowest BCUT2D eigenvalue weighted by atomic mass is 9.67. The van der Waals surface area contributed by atoms with Crippen molar-refractivity contribution in [1.82, 2.24) is 0 Å². The molecule has 0 heterocycles. The standard InChI is InChI=1S/C11H20/c1-10-4-3-5-11(2,8-6-10)9-7-10/h3-9H2,1-2H3. The highest BCUT2D eigenvalue weighted by Gasteiger charge is 2.39. The van der Waals surface area contributed by atoms with Crippen molar-refractivity contribution in [2.75, 3.05) is 0 Å². The highest BCUT2D eigenvalue weighted by Crippen LogP contribution is 2.53. The minimum absolute atomic E-state index is 0.746. The molecular weight excluding hydrogens is 132 g/mol. The minimum Gasteiger partial charge on any atom is -0.0596 e. The van der Waals surface area contributed by atoms with Crippen molar-refractivity contribution < 1.29 is 0 Å². The van der Waals surface area contributed by atoms with Crippen LogP contribution in [0.4, 0.5) is 0 Å². The first-order chi connectivity index (χ1) is 5.12. The van der Waals surface area contributed by atoms with Crippen molar-refractivity contribution in [1.29, 1.82) is 0 Å². The summed E-state index contributed by atoms with van der Waals surface area (Å²) in [6.45, 7) is 5.00. The second-order valence-electron chi connectivity index (χ2n) is 5.47. The van der Waals surface area contributed by atoms with Gasteiger partial charge < -0.3 is 0 Å². The molecule has 0 unspecified atom stereocenters. The fraction of sp³-hybridized carbons (Fsp3) is 1.00. The number of rotatable bonds is 0. The molecule has 0 radical (unpaired) electrons. The molecule has 0 aliphatic heterocycles. The average molecular weight is 152 g/mol. The summed E-state index contributed by atoms with van der Waals surface area (Å²) in [7, 11) is 0. The number of hydrogen-bond acceptors (Lipinski definition) is 0. The van der Waals surface area contributed by atoms with Crippen LogP contribution in [0.15, 0.2) is 0 Å². The first-order valence-corrected chi connectivity index (χ1v) is 5.12. The van der Waals surface area contributed by atoms with Gasteiger partial charge in [0.25, 0.3) is 0 Å². The summed E-state index contributed by atoms with van der Waals surface area (Å²) in [5.74, 6) is 0. The zero-order chi connectivity index (χ0) is 7.95. The van der Waals surface area contributed by atoms with Crippen molar-refractivity contribution in [2.24, 2.45) is 10.8 Å². The lowest BCUT2D eigenvalue weighted by Gasteiger charge is -2.38. The lowest BCUT2D eigenvalue weighted by Crippen LogP contribution is -2.26. The Bertz CT molecular complexity index is 131. The predicted octanol–water partition coefficient (Wildman–Crippen LogP) is 3.76. The molecule has 3 fully saturated rings. The van der Waals surface area contributed by atoms with Crippen LogP contribution in [0.25, 0.3) is 0 Å². The van der Waals surface area contributed by atoms with Gasteiger partial charge in [0.2, 0.25) is 0 Å². The molecule has 0 saturated heterocycles. The third-order valence-electron chi connectivity index (χ3n) is 4.22. The highest BCUT2D eigenvalue weighted by atomic mass is 14.4. The van der Waals surface area contributed by atoms with Gasteiger partial charge in [0.1, 0.15) is 0 Å². The van der Waals surface area contributed by atoms with Crippen LogP contribution >= 0.6 is 0 Å². The van der Waals surface area contributed by atoms with E-state index >= 15 is 0 Å². The molecule has 0 aromatic carbocycles. The van der Waals surface area contributed by atoms with Crippen molar-refractivity contribution in [3.05, 3.63) is 0 Å². The average Bonchev–Trinajstić information content (AvgIpc) is 2.18. The Morgan fingerprint density at radius 2 is 1.00 bits per heavy atom. The molecule has 0 aromatic heterocycles. The molecule has 11 heavy (non-hydrogen) atoms. The smallest absolute Gasteiger partial charge is 0.0325 e. The van der Waals surface area contributed by atoms with Crippen LogP contribution in [0.2, 0.25) is 0 Å². The second kappa shape index (κ2) is 2.24. The van der Waals surface area contributed by atoms with Crippen LogP contribution in [0.5, 0.6) is 0 Å². The Morgan fingerprint density at radius 1 is 0.636 bits per heavy atom. The van der Waals surface area contributed by atoms with E-state index in [-0.39, 0.29) is 0 Å². The third kappa shape index (κ3) is 1.32. The maximum Gasteiger partial charge on any atom is -0.0325 e. The summed E-state index contributed by atoms with van der Waals surface area (Å²) < 4.78 is 0. The fourth-order valence-corrected chi connectivity index (χ4v) is 2.90. The van der Waals surface area contributed by atoms with Crippen molar-refractivity contribution >= 4 is 0 Å². The Kier molecular flexibility index (Phi) is 1.56. The maximum absolute atomic E-state index is 2.50. The van der Waals surface area contributed by atoms with E-state index in [2.05, 4.69) is 13.8 Å². The Morgan fingerprint density at radius 3 is 1.36 bits per heavy atom. The van der Waals surface area contributed by atoms with E-state index in [1.54, 1.807) is 0 Å². The zero-order valence-corrected chi connectivity index (χ0v) is 7.95.